The fourth-order valence-corrected chi connectivity index (χ4v) is 10.3. The van der Waals surface area contributed by atoms with Gasteiger partial charge in [-0.3, -0.25) is 0 Å². The van der Waals surface area contributed by atoms with Crippen LogP contribution in [0.2, 0.25) is 0 Å². The molecule has 0 saturated carbocycles. The van der Waals surface area contributed by atoms with Crippen molar-refractivity contribution in [2.75, 3.05) is 0 Å². The number of hydrogen-bond acceptors (Lipinski definition) is 2. The first kappa shape index (κ1) is 38.5. The van der Waals surface area contributed by atoms with E-state index in [0.717, 1.165) is 33.5 Å². The van der Waals surface area contributed by atoms with Crippen molar-refractivity contribution in [1.29, 1.82) is 0 Å². The first-order valence-electron chi connectivity index (χ1n) is 22.5. The maximum absolute atomic E-state index is 5.30. The van der Waals surface area contributed by atoms with Crippen LogP contribution in [-0.4, -0.2) is 9.97 Å². The van der Waals surface area contributed by atoms with Crippen LogP contribution in [-0.2, 0) is 5.41 Å². The quantitative estimate of drug-likeness (QED) is 0.160. The molecule has 0 N–H and O–H groups in total. The summed E-state index contributed by atoms with van der Waals surface area (Å²) >= 11 is 0. The van der Waals surface area contributed by atoms with Crippen molar-refractivity contribution in [2.24, 2.45) is 0 Å². The highest BCUT2D eigenvalue weighted by Gasteiger charge is 2.37. The summed E-state index contributed by atoms with van der Waals surface area (Å²) in [4.78, 5) is 10.5. The third kappa shape index (κ3) is 6.74. The SMILES string of the molecule is CC1(C)c2ccccc2-c2cccc(-c3cc(-c4ccc5ccccc5c4)cc(-c4ccc(-c5cc(-c6ccc(-c7ccccc7)cc6)nc(-c6ccccc6)n5)c5ccccc45)c3)c21. The van der Waals surface area contributed by atoms with Crippen LogP contribution >= 0.6 is 0 Å². The third-order valence-electron chi connectivity index (χ3n) is 13.5. The van der Waals surface area contributed by atoms with Crippen molar-refractivity contribution in [3.63, 3.8) is 0 Å². The van der Waals surface area contributed by atoms with Gasteiger partial charge in [0.05, 0.1) is 11.4 Å². The predicted octanol–water partition coefficient (Wildman–Crippen LogP) is 16.8. The minimum absolute atomic E-state index is 0.158. The van der Waals surface area contributed by atoms with Crippen LogP contribution in [0.1, 0.15) is 25.0 Å². The highest BCUT2D eigenvalue weighted by atomic mass is 14.9. The molecule has 1 heterocycles. The van der Waals surface area contributed by atoms with Crippen molar-refractivity contribution < 1.29 is 0 Å². The van der Waals surface area contributed by atoms with E-state index in [1.54, 1.807) is 0 Å². The fraction of sp³-hybridized carbons (Fsp3) is 0.0476. The zero-order valence-electron chi connectivity index (χ0n) is 36.3. The average Bonchev–Trinajstić information content (AvgIpc) is 3.62. The lowest BCUT2D eigenvalue weighted by Crippen LogP contribution is -2.16. The zero-order chi connectivity index (χ0) is 43.5. The minimum atomic E-state index is -0.158. The molecule has 10 aromatic carbocycles. The highest BCUT2D eigenvalue weighted by Crippen LogP contribution is 2.53. The van der Waals surface area contributed by atoms with Gasteiger partial charge in [-0.15, -0.1) is 0 Å². The second-order valence-corrected chi connectivity index (χ2v) is 17.7. The van der Waals surface area contributed by atoms with Gasteiger partial charge in [0.25, 0.3) is 0 Å². The summed E-state index contributed by atoms with van der Waals surface area (Å²) < 4.78 is 0. The summed E-state index contributed by atoms with van der Waals surface area (Å²) in [5.74, 6) is 0.701. The van der Waals surface area contributed by atoms with Crippen molar-refractivity contribution >= 4 is 21.5 Å². The molecule has 0 unspecified atom stereocenters. The Bertz CT molecular complexity index is 3600. The van der Waals surface area contributed by atoms with Crippen LogP contribution in [0.5, 0.6) is 0 Å². The average molecular weight is 829 g/mol. The molecule has 0 atom stereocenters. The van der Waals surface area contributed by atoms with Gasteiger partial charge in [-0.05, 0) is 119 Å². The Labute approximate surface area is 380 Å². The largest absolute Gasteiger partial charge is 0.228 e. The monoisotopic (exact) mass is 828 g/mol. The molecule has 2 nitrogen and oxygen atoms in total. The van der Waals surface area contributed by atoms with E-state index in [0.29, 0.717) is 5.82 Å². The minimum Gasteiger partial charge on any atom is -0.228 e. The summed E-state index contributed by atoms with van der Waals surface area (Å²) in [5, 5.41) is 4.78. The van der Waals surface area contributed by atoms with Crippen LogP contribution in [0.4, 0.5) is 0 Å². The Morgan fingerprint density at radius 2 is 0.831 bits per heavy atom. The summed E-state index contributed by atoms with van der Waals surface area (Å²) in [7, 11) is 0. The Morgan fingerprint density at radius 1 is 0.292 bits per heavy atom. The van der Waals surface area contributed by atoms with E-state index in [9.17, 15) is 0 Å². The van der Waals surface area contributed by atoms with E-state index < -0.39 is 0 Å². The van der Waals surface area contributed by atoms with Gasteiger partial charge in [0.1, 0.15) is 0 Å². The normalized spacial score (nSPS) is 12.6. The summed E-state index contributed by atoms with van der Waals surface area (Å²) in [6, 6.07) is 83.5. The molecular formula is C63H44N2. The van der Waals surface area contributed by atoms with Crippen LogP contribution < -0.4 is 0 Å². The molecule has 12 rings (SSSR count). The fourth-order valence-electron chi connectivity index (χ4n) is 10.3. The molecule has 65 heavy (non-hydrogen) atoms. The van der Waals surface area contributed by atoms with Crippen LogP contribution in [0.25, 0.3) is 111 Å². The standard InChI is InChI=1S/C63H44N2/c1-63(2)58-27-14-13-24-55(58)57-26-15-25-52(61(57)63)50-38-48(47-33-30-42-18-9-10-21-46(42)36-47)37-49(39-50)51-34-35-56(54-23-12-11-22-53(51)54)60-40-59(64-62(65-60)45-19-7-4-8-20-45)44-31-28-43(29-32-44)41-16-5-3-6-17-41/h3-40H,1-2H3. The van der Waals surface area contributed by atoms with Crippen molar-refractivity contribution in [3.05, 3.63) is 242 Å². The molecule has 1 aliphatic rings. The predicted molar refractivity (Wildman–Crippen MR) is 273 cm³/mol. The number of benzene rings is 10. The van der Waals surface area contributed by atoms with Gasteiger partial charge in [0.15, 0.2) is 5.82 Å². The maximum Gasteiger partial charge on any atom is 0.160 e. The van der Waals surface area contributed by atoms with Gasteiger partial charge >= 0.3 is 0 Å². The molecule has 0 amide bonds. The molecule has 0 fully saturated rings. The number of aromatic nitrogens is 2. The van der Waals surface area contributed by atoms with Gasteiger partial charge in [-0.2, -0.15) is 0 Å². The Morgan fingerprint density at radius 3 is 1.62 bits per heavy atom. The molecular weight excluding hydrogens is 785 g/mol. The number of hydrogen-bond donors (Lipinski definition) is 0. The second-order valence-electron chi connectivity index (χ2n) is 17.7. The maximum atomic E-state index is 5.30. The Balaban J connectivity index is 1.04. The third-order valence-corrected chi connectivity index (χ3v) is 13.5. The molecule has 2 heteroatoms. The smallest absolute Gasteiger partial charge is 0.160 e. The van der Waals surface area contributed by atoms with E-state index in [4.69, 9.17) is 9.97 Å². The van der Waals surface area contributed by atoms with E-state index >= 15 is 0 Å². The highest BCUT2D eigenvalue weighted by molar-refractivity contribution is 6.06. The molecule has 1 aliphatic carbocycles. The molecule has 0 bridgehead atoms. The van der Waals surface area contributed by atoms with E-state index in [1.165, 1.54) is 82.9 Å². The van der Waals surface area contributed by atoms with Gasteiger partial charge in [-0.25, -0.2) is 9.97 Å². The van der Waals surface area contributed by atoms with Crippen molar-refractivity contribution in [2.45, 2.75) is 19.3 Å². The van der Waals surface area contributed by atoms with E-state index in [1.807, 2.05) is 18.2 Å². The number of nitrogens with zero attached hydrogens (tertiary/aromatic N) is 2. The Hall–Kier alpha value is -8.20. The van der Waals surface area contributed by atoms with Gasteiger partial charge in [-0.1, -0.05) is 214 Å². The van der Waals surface area contributed by atoms with Gasteiger partial charge in [0.2, 0.25) is 0 Å². The first-order chi connectivity index (χ1) is 32.0. The van der Waals surface area contributed by atoms with Crippen LogP contribution in [0, 0.1) is 0 Å². The molecule has 0 aliphatic heterocycles. The molecule has 0 radical (unpaired) electrons. The second kappa shape index (κ2) is 15.6. The lowest BCUT2D eigenvalue weighted by atomic mass is 9.78. The molecule has 0 spiro atoms. The molecule has 1 aromatic heterocycles. The lowest BCUT2D eigenvalue weighted by Gasteiger charge is -2.25. The first-order valence-corrected chi connectivity index (χ1v) is 22.5. The van der Waals surface area contributed by atoms with Crippen LogP contribution in [0.3, 0.4) is 0 Å². The van der Waals surface area contributed by atoms with E-state index in [2.05, 4.69) is 226 Å². The lowest BCUT2D eigenvalue weighted by molar-refractivity contribution is 0.662. The van der Waals surface area contributed by atoms with Crippen molar-refractivity contribution in [1.82, 2.24) is 9.97 Å². The molecule has 306 valence electrons. The number of rotatable bonds is 7. The Kier molecular flexibility index (Phi) is 9.21. The molecule has 0 saturated heterocycles. The number of fused-ring (bicyclic) bond motifs is 5. The van der Waals surface area contributed by atoms with E-state index in [-0.39, 0.29) is 5.41 Å². The molecule has 11 aromatic rings. The van der Waals surface area contributed by atoms with Crippen molar-refractivity contribution in [3.8, 4) is 89.5 Å². The summed E-state index contributed by atoms with van der Waals surface area (Å²) in [6.07, 6.45) is 0. The summed E-state index contributed by atoms with van der Waals surface area (Å²) in [5.41, 5.74) is 19.7. The summed E-state index contributed by atoms with van der Waals surface area (Å²) in [6.45, 7) is 4.76. The van der Waals surface area contributed by atoms with Crippen LogP contribution in [0.15, 0.2) is 231 Å². The van der Waals surface area contributed by atoms with Gasteiger partial charge < -0.3 is 0 Å². The zero-order valence-corrected chi connectivity index (χ0v) is 36.3. The topological polar surface area (TPSA) is 25.8 Å². The van der Waals surface area contributed by atoms with Gasteiger partial charge in [0, 0.05) is 22.1 Å².